The first-order valence-corrected chi connectivity index (χ1v) is 5.38. The summed E-state index contributed by atoms with van der Waals surface area (Å²) in [7, 11) is 2.00. The molecule has 0 aliphatic carbocycles. The molecule has 0 amide bonds. The number of aryl methyl sites for hydroxylation is 1. The molecule has 15 heavy (non-hydrogen) atoms. The lowest BCUT2D eigenvalue weighted by molar-refractivity contribution is 0.298. The van der Waals surface area contributed by atoms with Crippen molar-refractivity contribution < 1.29 is 0 Å². The lowest BCUT2D eigenvalue weighted by Crippen LogP contribution is -2.28. The highest BCUT2D eigenvalue weighted by Gasteiger charge is 2.06. The Morgan fingerprint density at radius 1 is 1.33 bits per heavy atom. The van der Waals surface area contributed by atoms with Crippen molar-refractivity contribution in [3.05, 3.63) is 35.9 Å². The summed E-state index contributed by atoms with van der Waals surface area (Å²) in [6, 6.07) is 12.7. The average molecular weight is 202 g/mol. The second-order valence-electron chi connectivity index (χ2n) is 3.87. The monoisotopic (exact) mass is 202 g/mol. The number of rotatable bonds is 5. The summed E-state index contributed by atoms with van der Waals surface area (Å²) in [5.41, 5.74) is 1.37. The molecule has 0 saturated heterocycles. The Morgan fingerprint density at radius 3 is 2.60 bits per heavy atom. The van der Waals surface area contributed by atoms with Crippen molar-refractivity contribution in [1.29, 1.82) is 5.26 Å². The molecule has 0 aliphatic heterocycles. The molecule has 0 aromatic heterocycles. The van der Waals surface area contributed by atoms with E-state index in [2.05, 4.69) is 35.2 Å². The van der Waals surface area contributed by atoms with Gasteiger partial charge in [0.2, 0.25) is 0 Å². The minimum atomic E-state index is 0.0146. The molecule has 0 radical (unpaired) electrons. The van der Waals surface area contributed by atoms with Crippen LogP contribution in [0.3, 0.4) is 0 Å². The molecule has 0 heterocycles. The molecule has 1 aromatic carbocycles. The van der Waals surface area contributed by atoms with Gasteiger partial charge in [0, 0.05) is 0 Å². The minimum Gasteiger partial charge on any atom is -0.291 e. The molecule has 80 valence electrons. The van der Waals surface area contributed by atoms with Gasteiger partial charge in [-0.2, -0.15) is 5.26 Å². The maximum atomic E-state index is 8.73. The fourth-order valence-corrected chi connectivity index (χ4v) is 1.47. The van der Waals surface area contributed by atoms with Crippen LogP contribution in [0.25, 0.3) is 0 Å². The highest BCUT2D eigenvalue weighted by molar-refractivity contribution is 5.14. The fourth-order valence-electron chi connectivity index (χ4n) is 1.47. The number of benzene rings is 1. The molecule has 0 aliphatic rings. The minimum absolute atomic E-state index is 0.0146. The van der Waals surface area contributed by atoms with Crippen LogP contribution in [-0.2, 0) is 6.42 Å². The molecule has 0 N–H and O–H groups in total. The summed E-state index contributed by atoms with van der Waals surface area (Å²) in [6.07, 6.45) is 2.19. The third kappa shape index (κ3) is 4.14. The van der Waals surface area contributed by atoms with E-state index in [1.54, 1.807) is 0 Å². The predicted molar refractivity (Wildman–Crippen MR) is 62.5 cm³/mol. The van der Waals surface area contributed by atoms with Gasteiger partial charge in [-0.1, -0.05) is 30.3 Å². The van der Waals surface area contributed by atoms with E-state index in [1.807, 2.05) is 20.0 Å². The Bertz CT molecular complexity index is 313. The van der Waals surface area contributed by atoms with E-state index in [0.717, 1.165) is 19.4 Å². The molecule has 0 saturated carbocycles. The van der Waals surface area contributed by atoms with Crippen LogP contribution >= 0.6 is 0 Å². The van der Waals surface area contributed by atoms with Gasteiger partial charge in [-0.05, 0) is 38.9 Å². The quantitative estimate of drug-likeness (QED) is 0.733. The zero-order chi connectivity index (χ0) is 11.1. The van der Waals surface area contributed by atoms with E-state index in [1.165, 1.54) is 5.56 Å². The Balaban J connectivity index is 2.26. The number of hydrogen-bond donors (Lipinski definition) is 0. The second-order valence-corrected chi connectivity index (χ2v) is 3.87. The van der Waals surface area contributed by atoms with Gasteiger partial charge in [-0.3, -0.25) is 4.90 Å². The third-order valence-electron chi connectivity index (χ3n) is 2.67. The van der Waals surface area contributed by atoms with E-state index in [4.69, 9.17) is 5.26 Å². The average Bonchev–Trinajstić information content (AvgIpc) is 2.29. The van der Waals surface area contributed by atoms with Gasteiger partial charge in [0.25, 0.3) is 0 Å². The van der Waals surface area contributed by atoms with Crippen LogP contribution < -0.4 is 0 Å². The highest BCUT2D eigenvalue weighted by Crippen LogP contribution is 2.04. The van der Waals surface area contributed by atoms with Crippen LogP contribution in [0.4, 0.5) is 0 Å². The molecule has 1 rings (SSSR count). The van der Waals surface area contributed by atoms with E-state index in [9.17, 15) is 0 Å². The van der Waals surface area contributed by atoms with E-state index < -0.39 is 0 Å². The van der Waals surface area contributed by atoms with Crippen molar-refractivity contribution in [1.82, 2.24) is 4.90 Å². The molecule has 0 spiro atoms. The van der Waals surface area contributed by atoms with Gasteiger partial charge in [0.1, 0.15) is 0 Å². The van der Waals surface area contributed by atoms with Crippen molar-refractivity contribution in [2.24, 2.45) is 0 Å². The van der Waals surface area contributed by atoms with Gasteiger partial charge < -0.3 is 0 Å². The summed E-state index contributed by atoms with van der Waals surface area (Å²) in [6.45, 7) is 2.91. The summed E-state index contributed by atoms with van der Waals surface area (Å²) in [5.74, 6) is 0. The number of hydrogen-bond acceptors (Lipinski definition) is 2. The van der Waals surface area contributed by atoms with Crippen LogP contribution in [-0.4, -0.2) is 24.5 Å². The number of nitriles is 1. The third-order valence-corrected chi connectivity index (χ3v) is 2.67. The van der Waals surface area contributed by atoms with Crippen LogP contribution in [0.2, 0.25) is 0 Å². The number of nitrogens with zero attached hydrogens (tertiary/aromatic N) is 2. The Kier molecular flexibility index (Phi) is 4.86. The standard InChI is InChI=1S/C13H18N2/c1-12(11-14)15(2)10-6-9-13-7-4-3-5-8-13/h3-5,7-8,12H,6,9-10H2,1-2H3. The zero-order valence-corrected chi connectivity index (χ0v) is 9.48. The van der Waals surface area contributed by atoms with Crippen molar-refractivity contribution in [2.45, 2.75) is 25.8 Å². The van der Waals surface area contributed by atoms with Gasteiger partial charge >= 0.3 is 0 Å². The molecule has 1 unspecified atom stereocenters. The van der Waals surface area contributed by atoms with Crippen molar-refractivity contribution >= 4 is 0 Å². The molecule has 2 nitrogen and oxygen atoms in total. The maximum Gasteiger partial charge on any atom is 0.0946 e. The van der Waals surface area contributed by atoms with E-state index in [0.29, 0.717) is 0 Å². The highest BCUT2D eigenvalue weighted by atomic mass is 15.1. The van der Waals surface area contributed by atoms with Gasteiger partial charge in [-0.25, -0.2) is 0 Å². The van der Waals surface area contributed by atoms with Gasteiger partial charge in [0.05, 0.1) is 12.1 Å². The molecule has 1 aromatic rings. The smallest absolute Gasteiger partial charge is 0.0946 e. The first-order valence-electron chi connectivity index (χ1n) is 5.38. The van der Waals surface area contributed by atoms with Crippen LogP contribution in [0.1, 0.15) is 18.9 Å². The van der Waals surface area contributed by atoms with E-state index in [-0.39, 0.29) is 6.04 Å². The Hall–Kier alpha value is -1.33. The Labute approximate surface area is 92.1 Å². The SMILES string of the molecule is CC(C#N)N(C)CCCc1ccccc1. The zero-order valence-electron chi connectivity index (χ0n) is 9.48. The molecule has 0 bridgehead atoms. The summed E-state index contributed by atoms with van der Waals surface area (Å²) in [4.78, 5) is 2.09. The normalized spacial score (nSPS) is 12.4. The second kappa shape index (κ2) is 6.21. The largest absolute Gasteiger partial charge is 0.291 e. The Morgan fingerprint density at radius 2 is 2.00 bits per heavy atom. The summed E-state index contributed by atoms with van der Waals surface area (Å²) < 4.78 is 0. The fraction of sp³-hybridized carbons (Fsp3) is 0.462. The topological polar surface area (TPSA) is 27.0 Å². The predicted octanol–water partition coefficient (Wildman–Crippen LogP) is 2.46. The van der Waals surface area contributed by atoms with Crippen molar-refractivity contribution in [2.75, 3.05) is 13.6 Å². The van der Waals surface area contributed by atoms with Crippen LogP contribution in [0.15, 0.2) is 30.3 Å². The van der Waals surface area contributed by atoms with Crippen LogP contribution in [0, 0.1) is 11.3 Å². The van der Waals surface area contributed by atoms with E-state index >= 15 is 0 Å². The molecule has 0 fully saturated rings. The first kappa shape index (κ1) is 11.7. The van der Waals surface area contributed by atoms with Crippen molar-refractivity contribution in [3.8, 4) is 6.07 Å². The molecular weight excluding hydrogens is 184 g/mol. The first-order chi connectivity index (χ1) is 7.24. The maximum absolute atomic E-state index is 8.73. The molecular formula is C13H18N2. The lowest BCUT2D eigenvalue weighted by atomic mass is 10.1. The summed E-state index contributed by atoms with van der Waals surface area (Å²) >= 11 is 0. The summed E-state index contributed by atoms with van der Waals surface area (Å²) in [5, 5.41) is 8.73. The van der Waals surface area contributed by atoms with Gasteiger partial charge in [-0.15, -0.1) is 0 Å². The van der Waals surface area contributed by atoms with Gasteiger partial charge in [0.15, 0.2) is 0 Å². The molecule has 2 heteroatoms. The van der Waals surface area contributed by atoms with Crippen molar-refractivity contribution in [3.63, 3.8) is 0 Å². The molecule has 1 atom stereocenters. The van der Waals surface area contributed by atoms with Crippen LogP contribution in [0.5, 0.6) is 0 Å². The lowest BCUT2D eigenvalue weighted by Gasteiger charge is -2.18.